The minimum absolute atomic E-state index is 0.0421. The molecule has 2 aromatic heterocycles. The van der Waals surface area contributed by atoms with Crippen LogP contribution in [0.1, 0.15) is 56.8 Å². The molecule has 3 aromatic rings. The van der Waals surface area contributed by atoms with Crippen molar-refractivity contribution >= 4 is 19.9 Å². The summed E-state index contributed by atoms with van der Waals surface area (Å²) in [5.74, 6) is 0.528. The van der Waals surface area contributed by atoms with Gasteiger partial charge in [0.15, 0.2) is 8.32 Å². The lowest BCUT2D eigenvalue weighted by Crippen LogP contribution is -2.44. The number of piperidine rings is 1. The number of methoxy groups -OCH3 is 1. The molecule has 246 valence electrons. The molecule has 3 heterocycles. The molecule has 1 saturated heterocycles. The summed E-state index contributed by atoms with van der Waals surface area (Å²) in [4.78, 5) is 19.9. The number of benzene rings is 1. The number of pyridine rings is 1. The van der Waals surface area contributed by atoms with Crippen LogP contribution < -0.4 is 19.5 Å². The van der Waals surface area contributed by atoms with Gasteiger partial charge in [-0.15, -0.1) is 0 Å². The maximum absolute atomic E-state index is 13.4. The molecule has 0 bridgehead atoms. The lowest BCUT2D eigenvalue weighted by molar-refractivity contribution is -0.0502. The van der Waals surface area contributed by atoms with Gasteiger partial charge in [-0.05, 0) is 68.6 Å². The van der Waals surface area contributed by atoms with Crippen LogP contribution in [0.4, 0.5) is 8.78 Å². The van der Waals surface area contributed by atoms with Crippen molar-refractivity contribution in [3.8, 4) is 28.5 Å². The minimum atomic E-state index is -3.11. The van der Waals surface area contributed by atoms with Crippen molar-refractivity contribution in [1.82, 2.24) is 19.6 Å². The summed E-state index contributed by atoms with van der Waals surface area (Å²) in [5, 5.41) is 3.03. The molecule has 9 nitrogen and oxygen atoms in total. The molecule has 1 saturated carbocycles. The predicted octanol–water partition coefficient (Wildman–Crippen LogP) is 6.62. The maximum Gasteiger partial charge on any atom is 0.387 e. The van der Waals surface area contributed by atoms with Crippen LogP contribution in [0.5, 0.6) is 17.2 Å². The summed E-state index contributed by atoms with van der Waals surface area (Å²) in [6, 6.07) is 6.84. The van der Waals surface area contributed by atoms with Gasteiger partial charge in [0.25, 0.3) is 5.91 Å². The van der Waals surface area contributed by atoms with Crippen LogP contribution in [0.3, 0.4) is 0 Å². The Balaban J connectivity index is 1.25. The van der Waals surface area contributed by atoms with Gasteiger partial charge in [-0.2, -0.15) is 8.78 Å². The molecular formula is C33H46F2N4O5Si. The number of hydrogen-bond donors (Lipinski definition) is 1. The van der Waals surface area contributed by atoms with E-state index in [-0.39, 0.29) is 28.1 Å². The molecule has 1 aliphatic carbocycles. The van der Waals surface area contributed by atoms with Gasteiger partial charge in [0, 0.05) is 49.5 Å². The molecule has 1 atom stereocenters. The van der Waals surface area contributed by atoms with E-state index in [0.717, 1.165) is 51.9 Å². The Bertz CT molecular complexity index is 1490. The Morgan fingerprint density at radius 2 is 1.91 bits per heavy atom. The second kappa shape index (κ2) is 13.6. The van der Waals surface area contributed by atoms with Gasteiger partial charge in [0.05, 0.1) is 25.6 Å². The molecule has 1 aliphatic heterocycles. The van der Waals surface area contributed by atoms with Crippen LogP contribution in [0, 0.1) is 5.92 Å². The predicted molar refractivity (Wildman–Crippen MR) is 172 cm³/mol. The first-order valence-electron chi connectivity index (χ1n) is 15.8. The molecule has 0 unspecified atom stereocenters. The molecule has 0 radical (unpaired) electrons. The van der Waals surface area contributed by atoms with E-state index in [0.29, 0.717) is 35.2 Å². The smallest absolute Gasteiger partial charge is 0.387 e. The highest BCUT2D eigenvalue weighted by atomic mass is 28.4. The van der Waals surface area contributed by atoms with Crippen LogP contribution in [0.15, 0.2) is 36.7 Å². The maximum atomic E-state index is 13.4. The molecule has 12 heteroatoms. The number of imidazole rings is 1. The monoisotopic (exact) mass is 644 g/mol. The van der Waals surface area contributed by atoms with E-state index in [1.54, 1.807) is 12.3 Å². The average molecular weight is 645 g/mol. The third-order valence-corrected chi connectivity index (χ3v) is 13.7. The number of nitrogens with zero attached hydrogens (tertiary/aromatic N) is 3. The molecule has 1 N–H and O–H groups in total. The van der Waals surface area contributed by atoms with Crippen LogP contribution in [-0.4, -0.2) is 81.1 Å². The van der Waals surface area contributed by atoms with Crippen molar-refractivity contribution in [2.75, 3.05) is 40.0 Å². The Labute approximate surface area is 265 Å². The summed E-state index contributed by atoms with van der Waals surface area (Å²) in [7, 11) is -0.356. The Morgan fingerprint density at radius 1 is 1.16 bits per heavy atom. The van der Waals surface area contributed by atoms with Crippen LogP contribution in [-0.2, 0) is 4.43 Å². The summed E-state index contributed by atoms with van der Waals surface area (Å²) < 4.78 is 51.5. The quantitative estimate of drug-likeness (QED) is 0.210. The summed E-state index contributed by atoms with van der Waals surface area (Å²) in [5.41, 5.74) is 1.74. The highest BCUT2D eigenvalue weighted by Crippen LogP contribution is 2.38. The number of halogens is 2. The van der Waals surface area contributed by atoms with Crippen molar-refractivity contribution in [3.63, 3.8) is 0 Å². The Hall–Kier alpha value is -3.22. The van der Waals surface area contributed by atoms with E-state index in [1.165, 1.54) is 13.2 Å². The number of hydrogen-bond acceptors (Lipinski definition) is 7. The second-order valence-electron chi connectivity index (χ2n) is 13.6. The fourth-order valence-electron chi connectivity index (χ4n) is 5.41. The third kappa shape index (κ3) is 8.14. The first-order valence-corrected chi connectivity index (χ1v) is 18.7. The zero-order valence-electron chi connectivity index (χ0n) is 27.2. The number of fused-ring (bicyclic) bond motifs is 1. The molecule has 2 aliphatic rings. The number of aromatic nitrogens is 2. The van der Waals surface area contributed by atoms with Crippen molar-refractivity contribution in [2.24, 2.45) is 5.92 Å². The SMILES string of the molecule is COc1cc(-c2cnc3cc(OC[C@H]4CCCN(CCO[Si](C)(C)C(C)(C)C)C4)ccn23)cc(OC(F)F)c1C(=O)NC1CC1. The van der Waals surface area contributed by atoms with Gasteiger partial charge in [0.1, 0.15) is 28.5 Å². The van der Waals surface area contributed by atoms with Gasteiger partial charge in [-0.25, -0.2) is 4.98 Å². The first-order chi connectivity index (χ1) is 21.3. The number of ether oxygens (including phenoxy) is 3. The van der Waals surface area contributed by atoms with Crippen LogP contribution >= 0.6 is 0 Å². The molecule has 0 spiro atoms. The van der Waals surface area contributed by atoms with Gasteiger partial charge < -0.3 is 28.9 Å². The zero-order valence-corrected chi connectivity index (χ0v) is 28.2. The van der Waals surface area contributed by atoms with Crippen molar-refractivity contribution < 1.29 is 32.2 Å². The lowest BCUT2D eigenvalue weighted by atomic mass is 9.99. The largest absolute Gasteiger partial charge is 0.496 e. The fraction of sp³-hybridized carbons (Fsp3) is 0.576. The zero-order chi connectivity index (χ0) is 32.4. The average Bonchev–Trinajstić information content (AvgIpc) is 3.69. The van der Waals surface area contributed by atoms with E-state index >= 15 is 0 Å². The standard InChI is InChI=1S/C33H46F2N4O5Si/c1-33(2,3)45(5,6)43-15-14-38-12-7-8-22(20-38)21-42-25-11-13-39-26(19-36-29(39)18-25)23-16-27(41-4)30(28(17-23)44-32(34)35)31(40)37-24-9-10-24/h11,13,16-19,22,24,32H,7-10,12,14-15,20-21H2,1-6H3,(H,37,40)/t22-/m0/s1. The van der Waals surface area contributed by atoms with Crippen molar-refractivity contribution in [1.29, 1.82) is 0 Å². The van der Waals surface area contributed by atoms with E-state index in [1.807, 2.05) is 22.7 Å². The molecule has 2 fully saturated rings. The topological polar surface area (TPSA) is 86.6 Å². The van der Waals surface area contributed by atoms with E-state index in [9.17, 15) is 13.6 Å². The van der Waals surface area contributed by atoms with Crippen molar-refractivity contribution in [2.45, 2.75) is 77.2 Å². The number of carbonyl (C=O) groups excluding carboxylic acids is 1. The molecule has 5 rings (SSSR count). The molecule has 1 amide bonds. The van der Waals surface area contributed by atoms with Gasteiger partial charge in [0.2, 0.25) is 0 Å². The Morgan fingerprint density at radius 3 is 2.60 bits per heavy atom. The lowest BCUT2D eigenvalue weighted by Gasteiger charge is -2.38. The molecular weight excluding hydrogens is 598 g/mol. The summed E-state index contributed by atoms with van der Waals surface area (Å²) in [6.07, 6.45) is 7.46. The van der Waals surface area contributed by atoms with E-state index < -0.39 is 20.8 Å². The van der Waals surface area contributed by atoms with Gasteiger partial charge >= 0.3 is 6.61 Å². The number of amides is 1. The summed E-state index contributed by atoms with van der Waals surface area (Å²) in [6.45, 7) is 12.7. The third-order valence-electron chi connectivity index (χ3n) is 9.19. The number of nitrogens with one attached hydrogen (secondary N) is 1. The van der Waals surface area contributed by atoms with E-state index in [2.05, 4.69) is 49.1 Å². The highest BCUT2D eigenvalue weighted by molar-refractivity contribution is 6.74. The number of rotatable bonds is 13. The number of alkyl halides is 2. The minimum Gasteiger partial charge on any atom is -0.496 e. The summed E-state index contributed by atoms with van der Waals surface area (Å²) >= 11 is 0. The normalized spacial score (nSPS) is 17.9. The number of likely N-dealkylation sites (tertiary alicyclic amines) is 1. The second-order valence-corrected chi connectivity index (χ2v) is 18.4. The highest BCUT2D eigenvalue weighted by Gasteiger charge is 2.37. The Kier molecular flexibility index (Phi) is 10.0. The molecule has 1 aromatic carbocycles. The first kappa shape index (κ1) is 33.1. The van der Waals surface area contributed by atoms with Crippen molar-refractivity contribution in [3.05, 3.63) is 42.2 Å². The van der Waals surface area contributed by atoms with E-state index in [4.69, 9.17) is 18.6 Å². The number of carbonyl (C=O) groups is 1. The van der Waals surface area contributed by atoms with Gasteiger partial charge in [-0.3, -0.25) is 9.20 Å². The fourth-order valence-corrected chi connectivity index (χ4v) is 6.45. The van der Waals surface area contributed by atoms with Crippen LogP contribution in [0.2, 0.25) is 18.1 Å². The van der Waals surface area contributed by atoms with Crippen LogP contribution in [0.25, 0.3) is 16.9 Å². The van der Waals surface area contributed by atoms with Gasteiger partial charge in [-0.1, -0.05) is 20.8 Å². The molecule has 45 heavy (non-hydrogen) atoms.